The number of thiazole rings is 1. The third-order valence-corrected chi connectivity index (χ3v) is 3.19. The molecule has 0 aromatic carbocycles. The fraction of sp³-hybridized carbons (Fsp3) is 0.400. The van der Waals surface area contributed by atoms with Crippen molar-refractivity contribution in [1.82, 2.24) is 14.8 Å². The Morgan fingerprint density at radius 3 is 3.00 bits per heavy atom. The molecule has 0 spiro atoms. The summed E-state index contributed by atoms with van der Waals surface area (Å²) in [6, 6.07) is 2.00. The molecule has 2 rings (SSSR count). The SMILES string of the molecule is CCc1cnc(NCc2ccn(C)n2)s1. The number of hydrogen-bond acceptors (Lipinski definition) is 4. The molecular formula is C10H14N4S. The Kier molecular flexibility index (Phi) is 3.01. The molecule has 4 nitrogen and oxygen atoms in total. The van der Waals surface area contributed by atoms with Crippen molar-refractivity contribution in [1.29, 1.82) is 0 Å². The number of hydrogen-bond donors (Lipinski definition) is 1. The zero-order chi connectivity index (χ0) is 10.7. The lowest BCUT2D eigenvalue weighted by molar-refractivity contribution is 0.747. The highest BCUT2D eigenvalue weighted by Gasteiger charge is 2.01. The third kappa shape index (κ3) is 2.56. The highest BCUT2D eigenvalue weighted by molar-refractivity contribution is 7.15. The van der Waals surface area contributed by atoms with E-state index in [2.05, 4.69) is 22.3 Å². The van der Waals surface area contributed by atoms with E-state index in [4.69, 9.17) is 0 Å². The van der Waals surface area contributed by atoms with Gasteiger partial charge in [-0.15, -0.1) is 11.3 Å². The fourth-order valence-electron chi connectivity index (χ4n) is 1.28. The van der Waals surface area contributed by atoms with Crippen LogP contribution in [0.4, 0.5) is 5.13 Å². The first-order chi connectivity index (χ1) is 7.28. The van der Waals surface area contributed by atoms with Crippen molar-refractivity contribution in [2.24, 2.45) is 7.05 Å². The van der Waals surface area contributed by atoms with Gasteiger partial charge in [-0.25, -0.2) is 4.98 Å². The first-order valence-electron chi connectivity index (χ1n) is 4.95. The van der Waals surface area contributed by atoms with Gasteiger partial charge in [0.05, 0.1) is 12.2 Å². The van der Waals surface area contributed by atoms with E-state index in [-0.39, 0.29) is 0 Å². The summed E-state index contributed by atoms with van der Waals surface area (Å²) in [4.78, 5) is 5.59. The summed E-state index contributed by atoms with van der Waals surface area (Å²) in [5, 5.41) is 8.51. The molecule has 0 aliphatic carbocycles. The quantitative estimate of drug-likeness (QED) is 0.861. The first-order valence-corrected chi connectivity index (χ1v) is 5.76. The van der Waals surface area contributed by atoms with E-state index in [0.717, 1.165) is 23.8 Å². The van der Waals surface area contributed by atoms with E-state index in [0.29, 0.717) is 0 Å². The maximum atomic E-state index is 4.28. The molecule has 0 saturated carbocycles. The van der Waals surface area contributed by atoms with Gasteiger partial charge in [0.2, 0.25) is 0 Å². The minimum atomic E-state index is 0.734. The number of nitrogens with one attached hydrogen (secondary N) is 1. The predicted octanol–water partition coefficient (Wildman–Crippen LogP) is 2.05. The normalized spacial score (nSPS) is 10.5. The Balaban J connectivity index is 1.93. The van der Waals surface area contributed by atoms with Gasteiger partial charge >= 0.3 is 0 Å². The predicted molar refractivity (Wildman–Crippen MR) is 62.0 cm³/mol. The zero-order valence-electron chi connectivity index (χ0n) is 8.90. The second-order valence-electron chi connectivity index (χ2n) is 3.32. The van der Waals surface area contributed by atoms with Crippen molar-refractivity contribution in [3.05, 3.63) is 29.0 Å². The summed E-state index contributed by atoms with van der Waals surface area (Å²) >= 11 is 1.70. The van der Waals surface area contributed by atoms with Crippen LogP contribution in [0.25, 0.3) is 0 Å². The van der Waals surface area contributed by atoms with Gasteiger partial charge in [0.25, 0.3) is 0 Å². The molecule has 1 N–H and O–H groups in total. The molecule has 2 aromatic rings. The van der Waals surface area contributed by atoms with Crippen LogP contribution in [0.15, 0.2) is 18.5 Å². The molecule has 15 heavy (non-hydrogen) atoms. The summed E-state index contributed by atoms with van der Waals surface area (Å²) in [6.07, 6.45) is 4.91. The number of nitrogens with zero attached hydrogens (tertiary/aromatic N) is 3. The Morgan fingerprint density at radius 1 is 1.53 bits per heavy atom. The molecule has 0 aliphatic rings. The average Bonchev–Trinajstić information content (AvgIpc) is 2.83. The molecule has 80 valence electrons. The van der Waals surface area contributed by atoms with Crippen molar-refractivity contribution in [2.45, 2.75) is 19.9 Å². The Morgan fingerprint density at radius 2 is 2.40 bits per heavy atom. The van der Waals surface area contributed by atoms with Crippen molar-refractivity contribution in [3.63, 3.8) is 0 Å². The fourth-order valence-corrected chi connectivity index (χ4v) is 2.02. The van der Waals surface area contributed by atoms with Crippen LogP contribution >= 0.6 is 11.3 Å². The number of rotatable bonds is 4. The van der Waals surface area contributed by atoms with Gasteiger partial charge in [-0.05, 0) is 12.5 Å². The standard InChI is InChI=1S/C10H14N4S/c1-3-9-7-12-10(15-9)11-6-8-4-5-14(2)13-8/h4-5,7H,3,6H2,1-2H3,(H,11,12). The van der Waals surface area contributed by atoms with Crippen LogP contribution in [-0.4, -0.2) is 14.8 Å². The smallest absolute Gasteiger partial charge is 0.183 e. The van der Waals surface area contributed by atoms with E-state index >= 15 is 0 Å². The number of aromatic nitrogens is 3. The van der Waals surface area contributed by atoms with Crippen molar-refractivity contribution >= 4 is 16.5 Å². The van der Waals surface area contributed by atoms with Gasteiger partial charge in [0.1, 0.15) is 0 Å². The minimum absolute atomic E-state index is 0.734. The average molecular weight is 222 g/mol. The lowest BCUT2D eigenvalue weighted by Crippen LogP contribution is -2.00. The first kappa shape index (κ1) is 10.2. The van der Waals surface area contributed by atoms with E-state index < -0.39 is 0 Å². The number of aryl methyl sites for hydroxylation is 2. The van der Waals surface area contributed by atoms with Crippen molar-refractivity contribution in [2.75, 3.05) is 5.32 Å². The maximum Gasteiger partial charge on any atom is 0.183 e. The summed E-state index contributed by atoms with van der Waals surface area (Å²) in [6.45, 7) is 2.87. The topological polar surface area (TPSA) is 42.7 Å². The summed E-state index contributed by atoms with van der Waals surface area (Å²) in [7, 11) is 1.92. The molecule has 2 aromatic heterocycles. The van der Waals surface area contributed by atoms with Gasteiger partial charge in [0, 0.05) is 24.3 Å². The third-order valence-electron chi connectivity index (χ3n) is 2.09. The summed E-state index contributed by atoms with van der Waals surface area (Å²) in [5.74, 6) is 0. The largest absolute Gasteiger partial charge is 0.356 e. The van der Waals surface area contributed by atoms with E-state index in [1.54, 1.807) is 16.0 Å². The maximum absolute atomic E-state index is 4.28. The molecule has 2 heterocycles. The molecule has 0 fully saturated rings. The molecule has 0 bridgehead atoms. The van der Waals surface area contributed by atoms with E-state index in [1.807, 2.05) is 25.5 Å². The van der Waals surface area contributed by atoms with Gasteiger partial charge in [-0.2, -0.15) is 5.10 Å². The van der Waals surface area contributed by atoms with Gasteiger partial charge in [-0.1, -0.05) is 6.92 Å². The van der Waals surface area contributed by atoms with Gasteiger partial charge < -0.3 is 5.32 Å². The molecule has 0 saturated heterocycles. The monoisotopic (exact) mass is 222 g/mol. The molecule has 0 unspecified atom stereocenters. The van der Waals surface area contributed by atoms with Crippen LogP contribution < -0.4 is 5.32 Å². The zero-order valence-corrected chi connectivity index (χ0v) is 9.71. The molecule has 0 radical (unpaired) electrons. The Labute approximate surface area is 93.0 Å². The lowest BCUT2D eigenvalue weighted by atomic mass is 10.4. The molecular weight excluding hydrogens is 208 g/mol. The van der Waals surface area contributed by atoms with E-state index in [9.17, 15) is 0 Å². The highest BCUT2D eigenvalue weighted by atomic mass is 32.1. The second kappa shape index (κ2) is 4.44. The van der Waals surface area contributed by atoms with Crippen LogP contribution in [-0.2, 0) is 20.0 Å². The Hall–Kier alpha value is -1.36. The van der Waals surface area contributed by atoms with Crippen molar-refractivity contribution in [3.8, 4) is 0 Å². The van der Waals surface area contributed by atoms with Crippen LogP contribution in [0.3, 0.4) is 0 Å². The lowest BCUT2D eigenvalue weighted by Gasteiger charge is -1.97. The number of anilines is 1. The van der Waals surface area contributed by atoms with Gasteiger partial charge in [-0.3, -0.25) is 4.68 Å². The van der Waals surface area contributed by atoms with Crippen LogP contribution in [0.2, 0.25) is 0 Å². The minimum Gasteiger partial charge on any atom is -0.356 e. The molecule has 0 amide bonds. The molecule has 5 heteroatoms. The second-order valence-corrected chi connectivity index (χ2v) is 4.43. The van der Waals surface area contributed by atoms with Crippen LogP contribution in [0.5, 0.6) is 0 Å². The summed E-state index contributed by atoms with van der Waals surface area (Å²) in [5.41, 5.74) is 1.03. The highest BCUT2D eigenvalue weighted by Crippen LogP contribution is 2.18. The Bertz CT molecular complexity index is 432. The van der Waals surface area contributed by atoms with Crippen LogP contribution in [0, 0.1) is 0 Å². The summed E-state index contributed by atoms with van der Waals surface area (Å²) < 4.78 is 1.80. The van der Waals surface area contributed by atoms with Gasteiger partial charge in [0.15, 0.2) is 5.13 Å². The van der Waals surface area contributed by atoms with Crippen LogP contribution in [0.1, 0.15) is 17.5 Å². The molecule has 0 atom stereocenters. The molecule has 0 aliphatic heterocycles. The van der Waals surface area contributed by atoms with E-state index in [1.165, 1.54) is 4.88 Å². The van der Waals surface area contributed by atoms with Crippen molar-refractivity contribution < 1.29 is 0 Å².